The minimum absolute atomic E-state index is 0.133. The van der Waals surface area contributed by atoms with Gasteiger partial charge < -0.3 is 4.74 Å². The van der Waals surface area contributed by atoms with Crippen molar-refractivity contribution in [1.29, 1.82) is 0 Å². The highest BCUT2D eigenvalue weighted by molar-refractivity contribution is 5.76. The molecule has 2 atom stereocenters. The lowest BCUT2D eigenvalue weighted by molar-refractivity contribution is -0.218. The average Bonchev–Trinajstić information content (AvgIpc) is 3.16. The maximum absolute atomic E-state index is 14.4. The van der Waals surface area contributed by atoms with Crippen molar-refractivity contribution in [2.45, 2.75) is 30.5 Å². The minimum atomic E-state index is -5.27. The number of carbonyl (C=O) groups is 1. The van der Waals surface area contributed by atoms with Crippen LogP contribution < -0.4 is 10.6 Å². The Bertz CT molecular complexity index is 1080. The summed E-state index contributed by atoms with van der Waals surface area (Å²) in [6, 6.07) is 19.2. The highest BCUT2D eigenvalue weighted by Gasteiger charge is 2.53. The third kappa shape index (κ3) is 5.04. The van der Waals surface area contributed by atoms with Crippen LogP contribution in [0.4, 0.5) is 22.0 Å². The molecular formula is C24H19F5N2O2. The Morgan fingerprint density at radius 2 is 1.36 bits per heavy atom. The first-order valence-electron chi connectivity index (χ1n) is 10.1. The lowest BCUT2D eigenvalue weighted by Gasteiger charge is -2.31. The number of carbonyl (C=O) groups excluding carboxylic acids is 1. The molecule has 1 fully saturated rings. The van der Waals surface area contributed by atoms with Gasteiger partial charge in [0.25, 0.3) is 0 Å². The first-order valence-corrected chi connectivity index (χ1v) is 10.1. The molecule has 3 aromatic rings. The van der Waals surface area contributed by atoms with Gasteiger partial charge in [-0.05, 0) is 22.8 Å². The number of esters is 1. The molecule has 1 heterocycles. The Kier molecular flexibility index (Phi) is 6.18. The van der Waals surface area contributed by atoms with Crippen LogP contribution >= 0.6 is 0 Å². The molecule has 4 nitrogen and oxygen atoms in total. The smallest absolute Gasteiger partial charge is 0.423 e. The fourth-order valence-corrected chi connectivity index (χ4v) is 3.93. The fourth-order valence-electron chi connectivity index (χ4n) is 3.93. The van der Waals surface area contributed by atoms with Crippen LogP contribution in [0.15, 0.2) is 78.9 Å². The van der Waals surface area contributed by atoms with Crippen molar-refractivity contribution in [3.63, 3.8) is 0 Å². The van der Waals surface area contributed by atoms with E-state index in [0.29, 0.717) is 17.2 Å². The van der Waals surface area contributed by atoms with Crippen molar-refractivity contribution in [3.05, 3.63) is 107 Å². The normalized spacial score (nSPS) is 22.8. The highest BCUT2D eigenvalue weighted by atomic mass is 19.4. The van der Waals surface area contributed by atoms with Crippen molar-refractivity contribution in [3.8, 4) is 0 Å². The van der Waals surface area contributed by atoms with Crippen molar-refractivity contribution in [2.24, 2.45) is 0 Å². The van der Waals surface area contributed by atoms with Gasteiger partial charge in [0.1, 0.15) is 11.6 Å². The van der Waals surface area contributed by atoms with Crippen molar-refractivity contribution >= 4 is 5.97 Å². The Morgan fingerprint density at radius 1 is 0.848 bits per heavy atom. The van der Waals surface area contributed by atoms with Gasteiger partial charge in [0.2, 0.25) is 5.85 Å². The molecule has 1 saturated heterocycles. The zero-order chi connectivity index (χ0) is 23.6. The second-order valence-corrected chi connectivity index (χ2v) is 7.69. The van der Waals surface area contributed by atoms with E-state index in [0.717, 1.165) is 12.1 Å². The summed E-state index contributed by atoms with van der Waals surface area (Å²) < 4.78 is 72.1. The Morgan fingerprint density at radius 3 is 1.82 bits per heavy atom. The predicted octanol–water partition coefficient (Wildman–Crippen LogP) is 4.94. The van der Waals surface area contributed by atoms with Crippen molar-refractivity contribution in [1.82, 2.24) is 10.6 Å². The molecule has 0 bridgehead atoms. The number of nitrogens with one attached hydrogen (secondary N) is 2. The maximum Gasteiger partial charge on any atom is 0.491 e. The number of benzene rings is 3. The van der Waals surface area contributed by atoms with E-state index in [-0.39, 0.29) is 5.56 Å². The zero-order valence-corrected chi connectivity index (χ0v) is 17.1. The largest absolute Gasteiger partial charge is 0.491 e. The van der Waals surface area contributed by atoms with Crippen LogP contribution in [0, 0.1) is 11.6 Å². The molecule has 0 aliphatic carbocycles. The molecule has 0 amide bonds. The average molecular weight is 462 g/mol. The summed E-state index contributed by atoms with van der Waals surface area (Å²) in [6.07, 6.45) is -5.79. The van der Waals surface area contributed by atoms with Gasteiger partial charge in [-0.2, -0.15) is 13.2 Å². The van der Waals surface area contributed by atoms with Crippen LogP contribution in [0.1, 0.15) is 28.8 Å². The summed E-state index contributed by atoms with van der Waals surface area (Å²) in [4.78, 5) is 11.9. The maximum atomic E-state index is 14.4. The van der Waals surface area contributed by atoms with Gasteiger partial charge >= 0.3 is 12.1 Å². The Balaban J connectivity index is 1.78. The lowest BCUT2D eigenvalue weighted by atomic mass is 9.95. The van der Waals surface area contributed by atoms with Gasteiger partial charge in [-0.15, -0.1) is 0 Å². The molecule has 2 N–H and O–H groups in total. The number of alkyl halides is 3. The monoisotopic (exact) mass is 462 g/mol. The van der Waals surface area contributed by atoms with E-state index >= 15 is 0 Å². The second-order valence-electron chi connectivity index (χ2n) is 7.69. The van der Waals surface area contributed by atoms with Gasteiger partial charge in [-0.25, -0.2) is 13.6 Å². The number of halogens is 5. The van der Waals surface area contributed by atoms with Crippen LogP contribution in [-0.2, 0) is 16.0 Å². The molecule has 1 aliphatic heterocycles. The molecule has 0 spiro atoms. The first kappa shape index (κ1) is 22.9. The van der Waals surface area contributed by atoms with Gasteiger partial charge in [0.05, 0.1) is 12.1 Å². The van der Waals surface area contributed by atoms with E-state index in [1.165, 1.54) is 0 Å². The van der Waals surface area contributed by atoms with E-state index in [1.54, 1.807) is 60.7 Å². The molecule has 9 heteroatoms. The van der Waals surface area contributed by atoms with E-state index in [9.17, 15) is 26.7 Å². The van der Waals surface area contributed by atoms with Crippen LogP contribution in [0.3, 0.4) is 0 Å². The van der Waals surface area contributed by atoms with Gasteiger partial charge in [-0.3, -0.25) is 10.6 Å². The summed E-state index contributed by atoms with van der Waals surface area (Å²) in [5, 5.41) is 5.90. The molecule has 4 rings (SSSR count). The summed E-state index contributed by atoms with van der Waals surface area (Å²) in [5.41, 5.74) is 1.29. The predicted molar refractivity (Wildman–Crippen MR) is 110 cm³/mol. The van der Waals surface area contributed by atoms with E-state index in [2.05, 4.69) is 10.6 Å². The fraction of sp³-hybridized carbons (Fsp3) is 0.208. The van der Waals surface area contributed by atoms with Crippen LogP contribution in [0.2, 0.25) is 0 Å². The topological polar surface area (TPSA) is 50.4 Å². The van der Waals surface area contributed by atoms with E-state index in [4.69, 9.17) is 4.74 Å². The number of rotatable bonds is 5. The molecule has 0 radical (unpaired) electrons. The third-order valence-corrected chi connectivity index (χ3v) is 5.38. The summed E-state index contributed by atoms with van der Waals surface area (Å²) in [6.45, 7) is 0. The number of ether oxygens (including phenoxy) is 1. The van der Waals surface area contributed by atoms with E-state index < -0.39 is 48.1 Å². The number of hydrogen-bond acceptors (Lipinski definition) is 4. The van der Waals surface area contributed by atoms with Gasteiger partial charge in [-0.1, -0.05) is 66.7 Å². The van der Waals surface area contributed by atoms with E-state index in [1.807, 2.05) is 0 Å². The van der Waals surface area contributed by atoms with Crippen molar-refractivity contribution < 1.29 is 31.5 Å². The second kappa shape index (κ2) is 8.92. The SMILES string of the molecule is O=C(OC1(Cc2ccc(F)cc2F)NC(c2ccccc2)C(c2ccccc2)N1)C(F)(F)F. The molecule has 3 aromatic carbocycles. The first-order chi connectivity index (χ1) is 15.7. The molecular weight excluding hydrogens is 443 g/mol. The van der Waals surface area contributed by atoms with Crippen LogP contribution in [-0.4, -0.2) is 18.0 Å². The van der Waals surface area contributed by atoms with Gasteiger partial charge in [0, 0.05) is 12.5 Å². The summed E-state index contributed by atoms with van der Waals surface area (Å²) in [5.74, 6) is -6.37. The minimum Gasteiger partial charge on any atom is -0.423 e. The molecule has 172 valence electrons. The molecule has 2 unspecified atom stereocenters. The van der Waals surface area contributed by atoms with Crippen LogP contribution in [0.5, 0.6) is 0 Å². The summed E-state index contributed by atoms with van der Waals surface area (Å²) in [7, 11) is 0. The third-order valence-electron chi connectivity index (χ3n) is 5.38. The molecule has 0 saturated carbocycles. The summed E-state index contributed by atoms with van der Waals surface area (Å²) >= 11 is 0. The molecule has 33 heavy (non-hydrogen) atoms. The Labute approximate surface area is 186 Å². The lowest BCUT2D eigenvalue weighted by Crippen LogP contribution is -2.56. The number of hydrogen-bond donors (Lipinski definition) is 2. The van der Waals surface area contributed by atoms with Crippen molar-refractivity contribution in [2.75, 3.05) is 0 Å². The molecule has 1 aliphatic rings. The highest BCUT2D eigenvalue weighted by Crippen LogP contribution is 2.39. The van der Waals surface area contributed by atoms with Crippen LogP contribution in [0.25, 0.3) is 0 Å². The Hall–Kier alpha value is -3.30. The quantitative estimate of drug-likeness (QED) is 0.417. The molecule has 0 aromatic heterocycles. The zero-order valence-electron chi connectivity index (χ0n) is 17.1. The van der Waals surface area contributed by atoms with Gasteiger partial charge in [0.15, 0.2) is 0 Å². The standard InChI is InChI=1S/C24H19F5N2O2/c25-18-12-11-17(19(26)13-18)14-23(33-22(32)24(27,28)29)30-20(15-7-3-1-4-8-15)21(31-23)16-9-5-2-6-10-16/h1-13,20-21,30-31H,14H2.